The Bertz CT molecular complexity index is 698. The van der Waals surface area contributed by atoms with Crippen LogP contribution in [0.5, 0.6) is 0 Å². The summed E-state index contributed by atoms with van der Waals surface area (Å²) in [5, 5.41) is 12.8. The summed E-state index contributed by atoms with van der Waals surface area (Å²) in [6, 6.07) is 8.23. The Morgan fingerprint density at radius 2 is 2.30 bits per heavy atom. The zero-order chi connectivity index (χ0) is 16.4. The molecule has 0 bridgehead atoms. The first kappa shape index (κ1) is 16.1. The van der Waals surface area contributed by atoms with Gasteiger partial charge in [-0.25, -0.2) is 4.98 Å². The molecule has 122 valence electrons. The van der Waals surface area contributed by atoms with E-state index < -0.39 is 6.10 Å². The summed E-state index contributed by atoms with van der Waals surface area (Å²) in [6.45, 7) is 5.26. The van der Waals surface area contributed by atoms with E-state index in [-0.39, 0.29) is 11.8 Å². The number of aromatic nitrogens is 1. The Balaban J connectivity index is 1.66. The number of hydrogen-bond acceptors (Lipinski definition) is 4. The lowest BCUT2D eigenvalue weighted by molar-refractivity contribution is -0.134. The minimum atomic E-state index is -0.411. The van der Waals surface area contributed by atoms with Crippen LogP contribution in [0.15, 0.2) is 29.6 Å². The number of benzene rings is 1. The van der Waals surface area contributed by atoms with Gasteiger partial charge in [0.2, 0.25) is 5.91 Å². The Hall–Kier alpha value is -1.72. The maximum Gasteiger partial charge on any atom is 0.228 e. The van der Waals surface area contributed by atoms with Crippen molar-refractivity contribution in [2.24, 2.45) is 5.92 Å². The Morgan fingerprint density at radius 3 is 3.04 bits per heavy atom. The molecule has 23 heavy (non-hydrogen) atoms. The third-order valence-electron chi connectivity index (χ3n) is 4.42. The number of amides is 1. The van der Waals surface area contributed by atoms with Crippen molar-refractivity contribution in [3.05, 3.63) is 40.9 Å². The summed E-state index contributed by atoms with van der Waals surface area (Å²) in [7, 11) is 0. The second-order valence-electron chi connectivity index (χ2n) is 6.36. The van der Waals surface area contributed by atoms with Crippen LogP contribution in [-0.4, -0.2) is 40.1 Å². The highest BCUT2D eigenvalue weighted by molar-refractivity contribution is 7.13. The number of aryl methyl sites for hydroxylation is 1. The molecule has 2 heterocycles. The van der Waals surface area contributed by atoms with Crippen molar-refractivity contribution in [1.82, 2.24) is 9.88 Å². The average Bonchev–Trinajstić information content (AvgIpc) is 2.98. The van der Waals surface area contributed by atoms with Crippen molar-refractivity contribution in [3.8, 4) is 10.6 Å². The predicted molar refractivity (Wildman–Crippen MR) is 92.4 cm³/mol. The van der Waals surface area contributed by atoms with E-state index in [4.69, 9.17) is 0 Å². The van der Waals surface area contributed by atoms with E-state index in [1.54, 1.807) is 16.2 Å². The third-order valence-corrected chi connectivity index (χ3v) is 5.36. The summed E-state index contributed by atoms with van der Waals surface area (Å²) in [6.07, 6.45) is 0.757. The number of likely N-dealkylation sites (tertiary alicyclic amines) is 1. The van der Waals surface area contributed by atoms with Crippen LogP contribution in [0.1, 0.15) is 24.6 Å². The van der Waals surface area contributed by atoms with Gasteiger partial charge < -0.3 is 10.0 Å². The maximum absolute atomic E-state index is 12.4. The van der Waals surface area contributed by atoms with Gasteiger partial charge in [0, 0.05) is 24.0 Å². The van der Waals surface area contributed by atoms with Gasteiger partial charge in [-0.1, -0.05) is 30.7 Å². The molecule has 2 atom stereocenters. The van der Waals surface area contributed by atoms with Crippen molar-refractivity contribution < 1.29 is 9.90 Å². The van der Waals surface area contributed by atoms with Crippen molar-refractivity contribution in [2.75, 3.05) is 13.1 Å². The number of aliphatic hydroxyl groups excluding tert-OH is 1. The molecule has 5 heteroatoms. The molecule has 1 N–H and O–H groups in total. The van der Waals surface area contributed by atoms with Crippen LogP contribution in [-0.2, 0) is 11.2 Å². The molecular weight excluding hydrogens is 308 g/mol. The van der Waals surface area contributed by atoms with Crippen molar-refractivity contribution >= 4 is 17.2 Å². The van der Waals surface area contributed by atoms with Crippen molar-refractivity contribution in [3.63, 3.8) is 0 Å². The quantitative estimate of drug-likeness (QED) is 0.941. The minimum Gasteiger partial charge on any atom is -0.391 e. The Kier molecular flexibility index (Phi) is 4.78. The number of piperidine rings is 1. The van der Waals surface area contributed by atoms with E-state index in [1.807, 2.05) is 24.4 Å². The fraction of sp³-hybridized carbons (Fsp3) is 0.444. The smallest absolute Gasteiger partial charge is 0.228 e. The highest BCUT2D eigenvalue weighted by Gasteiger charge is 2.27. The van der Waals surface area contributed by atoms with Crippen LogP contribution in [0.25, 0.3) is 10.6 Å². The van der Waals surface area contributed by atoms with Crippen LogP contribution in [0.4, 0.5) is 0 Å². The average molecular weight is 330 g/mol. The SMILES string of the molecule is Cc1cccc(-c2nc(CC(=O)N3CCC(C)C(O)C3)cs2)c1. The maximum atomic E-state index is 12.4. The second kappa shape index (κ2) is 6.81. The van der Waals surface area contributed by atoms with E-state index in [0.29, 0.717) is 13.0 Å². The summed E-state index contributed by atoms with van der Waals surface area (Å²) < 4.78 is 0. The first-order chi connectivity index (χ1) is 11.0. The van der Waals surface area contributed by atoms with Gasteiger partial charge in [-0.05, 0) is 25.3 Å². The first-order valence-corrected chi connectivity index (χ1v) is 8.88. The highest BCUT2D eigenvalue weighted by Crippen LogP contribution is 2.25. The van der Waals surface area contributed by atoms with Gasteiger partial charge in [0.25, 0.3) is 0 Å². The molecule has 1 aliphatic heterocycles. The molecule has 0 radical (unpaired) electrons. The number of carbonyl (C=O) groups is 1. The molecular formula is C18H22N2O2S. The summed E-state index contributed by atoms with van der Waals surface area (Å²) in [5.41, 5.74) is 3.10. The minimum absolute atomic E-state index is 0.0528. The normalized spacial score (nSPS) is 21.4. The van der Waals surface area contributed by atoms with Crippen LogP contribution in [0.2, 0.25) is 0 Å². The van der Waals surface area contributed by atoms with Crippen molar-refractivity contribution in [2.45, 2.75) is 32.8 Å². The van der Waals surface area contributed by atoms with Gasteiger partial charge in [0.15, 0.2) is 0 Å². The third kappa shape index (κ3) is 3.79. The van der Waals surface area contributed by atoms with E-state index >= 15 is 0 Å². The van der Waals surface area contributed by atoms with Crippen LogP contribution in [0, 0.1) is 12.8 Å². The number of rotatable bonds is 3. The molecule has 1 aromatic heterocycles. The number of aliphatic hydroxyl groups is 1. The van der Waals surface area contributed by atoms with Gasteiger partial charge in [-0.2, -0.15) is 0 Å². The van der Waals surface area contributed by atoms with Gasteiger partial charge in [-0.3, -0.25) is 4.79 Å². The van der Waals surface area contributed by atoms with Gasteiger partial charge in [-0.15, -0.1) is 11.3 Å². The van der Waals surface area contributed by atoms with Crippen molar-refractivity contribution in [1.29, 1.82) is 0 Å². The summed E-state index contributed by atoms with van der Waals surface area (Å²) in [5.74, 6) is 0.322. The first-order valence-electron chi connectivity index (χ1n) is 8.00. The number of thiazole rings is 1. The summed E-state index contributed by atoms with van der Waals surface area (Å²) in [4.78, 5) is 18.8. The molecule has 1 amide bonds. The standard InChI is InChI=1S/C18H22N2O2S/c1-12-4-3-5-14(8-12)18-19-15(11-23-18)9-17(22)20-7-6-13(2)16(21)10-20/h3-5,8,11,13,16,21H,6-7,9-10H2,1-2H3. The molecule has 1 aromatic carbocycles. The lowest BCUT2D eigenvalue weighted by Crippen LogP contribution is -2.46. The van der Waals surface area contributed by atoms with E-state index in [0.717, 1.165) is 29.2 Å². The Labute approximate surface area is 140 Å². The molecule has 0 aliphatic carbocycles. The number of hydrogen-bond donors (Lipinski definition) is 1. The molecule has 0 saturated carbocycles. The van der Waals surface area contributed by atoms with Gasteiger partial charge in [0.1, 0.15) is 5.01 Å². The zero-order valence-electron chi connectivity index (χ0n) is 13.5. The molecule has 2 unspecified atom stereocenters. The molecule has 1 saturated heterocycles. The predicted octanol–water partition coefficient (Wildman–Crippen LogP) is 2.89. The molecule has 2 aromatic rings. The fourth-order valence-corrected chi connectivity index (χ4v) is 3.66. The number of carbonyl (C=O) groups excluding carboxylic acids is 1. The van der Waals surface area contributed by atoms with E-state index in [1.165, 1.54) is 5.56 Å². The molecule has 3 rings (SSSR count). The second-order valence-corrected chi connectivity index (χ2v) is 7.22. The summed E-state index contributed by atoms with van der Waals surface area (Å²) >= 11 is 1.57. The molecule has 0 spiro atoms. The zero-order valence-corrected chi connectivity index (χ0v) is 14.3. The lowest BCUT2D eigenvalue weighted by Gasteiger charge is -2.34. The molecule has 4 nitrogen and oxygen atoms in total. The lowest BCUT2D eigenvalue weighted by atomic mass is 9.96. The molecule has 1 fully saturated rings. The van der Waals surface area contributed by atoms with Gasteiger partial charge >= 0.3 is 0 Å². The molecule has 1 aliphatic rings. The topological polar surface area (TPSA) is 53.4 Å². The van der Waals surface area contributed by atoms with Gasteiger partial charge in [0.05, 0.1) is 18.2 Å². The number of nitrogens with zero attached hydrogens (tertiary/aromatic N) is 2. The Morgan fingerprint density at radius 1 is 1.48 bits per heavy atom. The largest absolute Gasteiger partial charge is 0.391 e. The van der Waals surface area contributed by atoms with E-state index in [9.17, 15) is 9.90 Å². The van der Waals surface area contributed by atoms with Crippen LogP contribution in [0.3, 0.4) is 0 Å². The monoisotopic (exact) mass is 330 g/mol. The van der Waals surface area contributed by atoms with Crippen LogP contribution < -0.4 is 0 Å². The van der Waals surface area contributed by atoms with E-state index in [2.05, 4.69) is 24.0 Å². The fourth-order valence-electron chi connectivity index (χ4n) is 2.84. The highest BCUT2D eigenvalue weighted by atomic mass is 32.1. The number of β-amino-alcohol motifs (C(OH)–C–C–N with tert-alkyl or cyclic N) is 1. The van der Waals surface area contributed by atoms with Crippen LogP contribution >= 0.6 is 11.3 Å².